The lowest BCUT2D eigenvalue weighted by Crippen LogP contribution is -2.27. The van der Waals surface area contributed by atoms with Crippen LogP contribution in [0.5, 0.6) is 0 Å². The molecule has 0 aliphatic rings. The predicted molar refractivity (Wildman–Crippen MR) is 76.1 cm³/mol. The van der Waals surface area contributed by atoms with E-state index in [1.807, 2.05) is 22.6 Å². The fraction of sp³-hybridized carbons (Fsp3) is 0.0769. The van der Waals surface area contributed by atoms with Gasteiger partial charge >= 0.3 is 0 Å². The van der Waals surface area contributed by atoms with E-state index in [-0.39, 0.29) is 11.7 Å². The molecule has 0 saturated carbocycles. The maximum Gasteiger partial charge on any atom is 0.259 e. The average molecular weight is 356 g/mol. The second-order valence-corrected chi connectivity index (χ2v) is 4.86. The maximum absolute atomic E-state index is 13.0. The Labute approximate surface area is 118 Å². The molecule has 0 aliphatic carbocycles. The number of aromatic nitrogens is 1. The van der Waals surface area contributed by atoms with Crippen molar-refractivity contribution in [2.45, 2.75) is 0 Å². The van der Waals surface area contributed by atoms with Crippen LogP contribution in [-0.2, 0) is 0 Å². The number of amides is 1. The Balaban J connectivity index is 2.32. The Morgan fingerprint density at radius 3 is 2.78 bits per heavy atom. The first kappa shape index (κ1) is 12.9. The van der Waals surface area contributed by atoms with E-state index in [1.54, 1.807) is 31.6 Å². The Kier molecular flexibility index (Phi) is 3.90. The van der Waals surface area contributed by atoms with Crippen LogP contribution in [0, 0.1) is 9.39 Å². The molecule has 3 nitrogen and oxygen atoms in total. The summed E-state index contributed by atoms with van der Waals surface area (Å²) in [6.45, 7) is 0. The van der Waals surface area contributed by atoms with Gasteiger partial charge in [-0.3, -0.25) is 9.78 Å². The average Bonchev–Trinajstić information content (AvgIpc) is 2.38. The Morgan fingerprint density at radius 1 is 1.39 bits per heavy atom. The zero-order valence-corrected chi connectivity index (χ0v) is 11.8. The molecule has 0 atom stereocenters. The molecule has 0 unspecified atom stereocenters. The molecule has 1 aromatic heterocycles. The third-order valence-electron chi connectivity index (χ3n) is 2.50. The van der Waals surface area contributed by atoms with Crippen LogP contribution in [0.1, 0.15) is 10.4 Å². The first-order valence-electron chi connectivity index (χ1n) is 5.22. The highest BCUT2D eigenvalue weighted by Gasteiger charge is 2.16. The fourth-order valence-electron chi connectivity index (χ4n) is 1.51. The van der Waals surface area contributed by atoms with Gasteiger partial charge in [-0.15, -0.1) is 0 Å². The molecule has 1 aromatic carbocycles. The summed E-state index contributed by atoms with van der Waals surface area (Å²) < 4.78 is 13.6. The van der Waals surface area contributed by atoms with Gasteiger partial charge in [-0.05, 0) is 52.9 Å². The number of hydrogen-bond acceptors (Lipinski definition) is 2. The molecule has 0 fully saturated rings. The molecule has 2 aromatic rings. The van der Waals surface area contributed by atoms with E-state index in [0.717, 1.165) is 0 Å². The number of hydrogen-bond donors (Lipinski definition) is 0. The highest BCUT2D eigenvalue weighted by molar-refractivity contribution is 14.1. The van der Waals surface area contributed by atoms with E-state index < -0.39 is 0 Å². The molecule has 0 bridgehead atoms. The van der Waals surface area contributed by atoms with Gasteiger partial charge in [0.25, 0.3) is 5.91 Å². The first-order chi connectivity index (χ1) is 8.59. The third-order valence-corrected chi connectivity index (χ3v) is 3.39. The van der Waals surface area contributed by atoms with Gasteiger partial charge in [0.2, 0.25) is 0 Å². The van der Waals surface area contributed by atoms with Crippen LogP contribution < -0.4 is 4.90 Å². The quantitative estimate of drug-likeness (QED) is 0.775. The maximum atomic E-state index is 13.0. The van der Waals surface area contributed by atoms with Crippen molar-refractivity contribution < 1.29 is 9.18 Å². The lowest BCUT2D eigenvalue weighted by atomic mass is 10.2. The number of pyridine rings is 1. The normalized spacial score (nSPS) is 10.2. The Bertz CT molecular complexity index is 574. The van der Waals surface area contributed by atoms with E-state index in [4.69, 9.17) is 0 Å². The van der Waals surface area contributed by atoms with E-state index >= 15 is 0 Å². The zero-order chi connectivity index (χ0) is 13.1. The first-order valence-corrected chi connectivity index (χ1v) is 6.30. The molecule has 5 heteroatoms. The topological polar surface area (TPSA) is 33.2 Å². The van der Waals surface area contributed by atoms with Crippen LogP contribution in [0.25, 0.3) is 0 Å². The second kappa shape index (κ2) is 5.43. The van der Waals surface area contributed by atoms with E-state index in [9.17, 15) is 9.18 Å². The number of nitrogens with zero attached hydrogens (tertiary/aromatic N) is 2. The van der Waals surface area contributed by atoms with E-state index in [1.165, 1.54) is 23.1 Å². The van der Waals surface area contributed by atoms with Crippen molar-refractivity contribution in [1.82, 2.24) is 4.98 Å². The molecule has 0 N–H and O–H groups in total. The monoisotopic (exact) mass is 356 g/mol. The molecule has 0 radical (unpaired) electrons. The van der Waals surface area contributed by atoms with Gasteiger partial charge in [-0.2, -0.15) is 0 Å². The minimum Gasteiger partial charge on any atom is -0.310 e. The molecule has 1 amide bonds. The van der Waals surface area contributed by atoms with Crippen LogP contribution in [-0.4, -0.2) is 17.9 Å². The van der Waals surface area contributed by atoms with Crippen LogP contribution in [0.15, 0.2) is 42.7 Å². The van der Waals surface area contributed by atoms with Crippen LogP contribution in [0.2, 0.25) is 0 Å². The molecule has 1 heterocycles. The van der Waals surface area contributed by atoms with E-state index in [2.05, 4.69) is 4.98 Å². The zero-order valence-electron chi connectivity index (χ0n) is 9.60. The summed E-state index contributed by atoms with van der Waals surface area (Å²) in [5.74, 6) is -0.535. The summed E-state index contributed by atoms with van der Waals surface area (Å²) in [5, 5.41) is 0. The van der Waals surface area contributed by atoms with Gasteiger partial charge in [0.1, 0.15) is 5.82 Å². The molecule has 18 heavy (non-hydrogen) atoms. The van der Waals surface area contributed by atoms with Crippen molar-refractivity contribution in [2.24, 2.45) is 0 Å². The van der Waals surface area contributed by atoms with Crippen molar-refractivity contribution in [3.63, 3.8) is 0 Å². The summed E-state index contributed by atoms with van der Waals surface area (Å²) in [4.78, 5) is 17.7. The van der Waals surface area contributed by atoms with Gasteiger partial charge < -0.3 is 4.90 Å². The lowest BCUT2D eigenvalue weighted by molar-refractivity contribution is 0.0992. The second-order valence-electron chi connectivity index (χ2n) is 3.70. The summed E-state index contributed by atoms with van der Waals surface area (Å²) in [6.07, 6.45) is 3.25. The van der Waals surface area contributed by atoms with Gasteiger partial charge in [0.15, 0.2) is 0 Å². The number of halogens is 2. The van der Waals surface area contributed by atoms with E-state index in [0.29, 0.717) is 14.8 Å². The molecule has 0 spiro atoms. The standard InChI is InChI=1S/C13H10FIN2O/c1-17(10-3-2-6-16-8-10)13(18)11-5-4-9(14)7-12(11)15/h2-8H,1H3. The largest absolute Gasteiger partial charge is 0.310 e. The molecular formula is C13H10FIN2O. The predicted octanol–water partition coefficient (Wildman–Crippen LogP) is 3.10. The molecule has 2 rings (SSSR count). The third kappa shape index (κ3) is 2.66. The molecule has 0 aliphatic heterocycles. The highest BCUT2D eigenvalue weighted by atomic mass is 127. The smallest absolute Gasteiger partial charge is 0.259 e. The number of rotatable bonds is 2. The summed E-state index contributed by atoms with van der Waals surface area (Å²) in [6, 6.07) is 7.67. The van der Waals surface area contributed by atoms with Gasteiger partial charge in [0, 0.05) is 16.8 Å². The number of carbonyl (C=O) groups is 1. The lowest BCUT2D eigenvalue weighted by Gasteiger charge is -2.17. The van der Waals surface area contributed by atoms with Crippen molar-refractivity contribution in [2.75, 3.05) is 11.9 Å². The Hall–Kier alpha value is -1.50. The highest BCUT2D eigenvalue weighted by Crippen LogP contribution is 2.18. The van der Waals surface area contributed by atoms with Crippen molar-refractivity contribution in [3.8, 4) is 0 Å². The minimum atomic E-state index is -0.347. The number of anilines is 1. The molecule has 92 valence electrons. The number of carbonyl (C=O) groups excluding carboxylic acids is 1. The SMILES string of the molecule is CN(C(=O)c1ccc(F)cc1I)c1cccnc1. The van der Waals surface area contributed by atoms with Crippen molar-refractivity contribution in [1.29, 1.82) is 0 Å². The van der Waals surface area contributed by atoms with Crippen LogP contribution >= 0.6 is 22.6 Å². The molecular weight excluding hydrogens is 346 g/mol. The van der Waals surface area contributed by atoms with Gasteiger partial charge in [0.05, 0.1) is 17.4 Å². The molecule has 0 saturated heterocycles. The van der Waals surface area contributed by atoms with Crippen molar-refractivity contribution in [3.05, 3.63) is 57.7 Å². The van der Waals surface area contributed by atoms with Gasteiger partial charge in [-0.25, -0.2) is 4.39 Å². The summed E-state index contributed by atoms with van der Waals surface area (Å²) >= 11 is 1.95. The van der Waals surface area contributed by atoms with Gasteiger partial charge in [-0.1, -0.05) is 0 Å². The summed E-state index contributed by atoms with van der Waals surface area (Å²) in [5.41, 5.74) is 1.17. The van der Waals surface area contributed by atoms with Crippen LogP contribution in [0.3, 0.4) is 0 Å². The number of benzene rings is 1. The Morgan fingerprint density at radius 2 is 2.17 bits per heavy atom. The fourth-order valence-corrected chi connectivity index (χ4v) is 2.22. The minimum absolute atomic E-state index is 0.188. The summed E-state index contributed by atoms with van der Waals surface area (Å²) in [7, 11) is 1.67. The van der Waals surface area contributed by atoms with Crippen LogP contribution in [0.4, 0.5) is 10.1 Å². The van der Waals surface area contributed by atoms with Crippen molar-refractivity contribution >= 4 is 34.2 Å².